The van der Waals surface area contributed by atoms with Crippen molar-refractivity contribution in [2.24, 2.45) is 0 Å². The molecule has 0 saturated carbocycles. The van der Waals surface area contributed by atoms with Crippen LogP contribution in [-0.4, -0.2) is 28.5 Å². The van der Waals surface area contributed by atoms with E-state index in [1.165, 1.54) is 0 Å². The smallest absolute Gasteiger partial charge is 0.226 e. The van der Waals surface area contributed by atoms with Crippen molar-refractivity contribution in [3.63, 3.8) is 0 Å². The maximum absolute atomic E-state index is 13.5. The number of ketones is 1. The molecule has 3 aromatic rings. The Kier molecular flexibility index (Phi) is 5.36. The summed E-state index contributed by atoms with van der Waals surface area (Å²) in [5.74, 6) is -0.143. The summed E-state index contributed by atoms with van der Waals surface area (Å²) < 4.78 is 5.76. The number of anilines is 1. The van der Waals surface area contributed by atoms with Gasteiger partial charge in [0.15, 0.2) is 11.6 Å². The molecule has 0 radical (unpaired) electrons. The number of hydrogen-bond acceptors (Lipinski definition) is 4. The first-order valence-corrected chi connectivity index (χ1v) is 9.86. The van der Waals surface area contributed by atoms with E-state index in [0.29, 0.717) is 40.0 Å². The SMILES string of the molecule is CCCOc1ccccc1C(=O)C1CC(=O)Nc2n[nH]c(-c3ccc(Cl)cc3)c21. The van der Waals surface area contributed by atoms with E-state index in [9.17, 15) is 9.59 Å². The van der Waals surface area contributed by atoms with Crippen molar-refractivity contribution in [2.45, 2.75) is 25.7 Å². The summed E-state index contributed by atoms with van der Waals surface area (Å²) in [4.78, 5) is 25.8. The number of nitrogens with zero attached hydrogens (tertiary/aromatic N) is 1. The van der Waals surface area contributed by atoms with Gasteiger partial charge >= 0.3 is 0 Å². The Balaban J connectivity index is 1.77. The highest BCUT2D eigenvalue weighted by atomic mass is 35.5. The number of fused-ring (bicyclic) bond motifs is 1. The van der Waals surface area contributed by atoms with Crippen molar-refractivity contribution in [1.82, 2.24) is 10.2 Å². The van der Waals surface area contributed by atoms with Crippen molar-refractivity contribution in [2.75, 3.05) is 11.9 Å². The summed E-state index contributed by atoms with van der Waals surface area (Å²) in [5, 5.41) is 10.6. The number of amides is 1. The first kappa shape index (κ1) is 19.2. The van der Waals surface area contributed by atoms with Crippen LogP contribution in [0, 0.1) is 0 Å². The number of carbonyl (C=O) groups excluding carboxylic acids is 2. The van der Waals surface area contributed by atoms with E-state index in [-0.39, 0.29) is 18.1 Å². The summed E-state index contributed by atoms with van der Waals surface area (Å²) >= 11 is 6.00. The number of nitrogens with one attached hydrogen (secondary N) is 2. The normalized spacial score (nSPS) is 15.5. The molecule has 1 unspecified atom stereocenters. The number of benzene rings is 2. The molecule has 1 amide bonds. The van der Waals surface area contributed by atoms with E-state index < -0.39 is 5.92 Å². The van der Waals surface area contributed by atoms with Gasteiger partial charge in [0, 0.05) is 22.6 Å². The molecule has 1 aliphatic rings. The van der Waals surface area contributed by atoms with Gasteiger partial charge in [0.25, 0.3) is 0 Å². The molecule has 0 aliphatic carbocycles. The van der Waals surface area contributed by atoms with Gasteiger partial charge in [-0.25, -0.2) is 0 Å². The minimum absolute atomic E-state index is 0.0497. The number of para-hydroxylation sites is 1. The zero-order chi connectivity index (χ0) is 20.4. The molecular formula is C22H20ClN3O3. The van der Waals surface area contributed by atoms with Gasteiger partial charge in [-0.1, -0.05) is 42.8 Å². The maximum Gasteiger partial charge on any atom is 0.226 e. The lowest BCUT2D eigenvalue weighted by Gasteiger charge is -2.23. The second-order valence-electron chi connectivity index (χ2n) is 6.88. The van der Waals surface area contributed by atoms with E-state index >= 15 is 0 Å². The molecule has 2 N–H and O–H groups in total. The van der Waals surface area contributed by atoms with Crippen molar-refractivity contribution in [1.29, 1.82) is 0 Å². The minimum atomic E-state index is -0.658. The van der Waals surface area contributed by atoms with E-state index in [2.05, 4.69) is 15.5 Å². The quantitative estimate of drug-likeness (QED) is 0.571. The van der Waals surface area contributed by atoms with Crippen LogP contribution in [0.4, 0.5) is 5.82 Å². The Hall–Kier alpha value is -3.12. The fourth-order valence-corrected chi connectivity index (χ4v) is 3.64. The van der Waals surface area contributed by atoms with Gasteiger partial charge in [-0.15, -0.1) is 0 Å². The molecule has 2 aromatic carbocycles. The molecule has 4 rings (SSSR count). The first-order chi connectivity index (χ1) is 14.1. The van der Waals surface area contributed by atoms with Crippen LogP contribution < -0.4 is 10.1 Å². The highest BCUT2D eigenvalue weighted by Gasteiger charge is 2.36. The van der Waals surface area contributed by atoms with Crippen LogP contribution in [0.2, 0.25) is 5.02 Å². The van der Waals surface area contributed by atoms with Crippen LogP contribution in [0.15, 0.2) is 48.5 Å². The van der Waals surface area contributed by atoms with Gasteiger partial charge in [-0.3, -0.25) is 14.7 Å². The number of ether oxygens (including phenoxy) is 1. The summed E-state index contributed by atoms with van der Waals surface area (Å²) in [6.45, 7) is 2.52. The molecule has 0 spiro atoms. The third kappa shape index (κ3) is 3.76. The lowest BCUT2D eigenvalue weighted by atomic mass is 9.84. The van der Waals surface area contributed by atoms with Gasteiger partial charge in [0.1, 0.15) is 5.75 Å². The Morgan fingerprint density at radius 2 is 1.97 bits per heavy atom. The third-order valence-corrected chi connectivity index (χ3v) is 5.12. The molecule has 1 atom stereocenters. The standard InChI is InChI=1S/C22H20ClN3O3/c1-2-11-29-17-6-4-3-5-15(17)21(28)16-12-18(27)24-22-19(16)20(25-26-22)13-7-9-14(23)10-8-13/h3-10,16H,2,11-12H2,1H3,(H2,24,25,26,27). The number of halogens is 1. The Bertz CT molecular complexity index is 1060. The predicted molar refractivity (Wildman–Crippen MR) is 112 cm³/mol. The van der Waals surface area contributed by atoms with Crippen molar-refractivity contribution in [3.8, 4) is 17.0 Å². The summed E-state index contributed by atoms with van der Waals surface area (Å²) in [6.07, 6.45) is 0.884. The van der Waals surface area contributed by atoms with E-state index in [1.54, 1.807) is 30.3 Å². The molecule has 148 valence electrons. The fourth-order valence-electron chi connectivity index (χ4n) is 3.51. The van der Waals surface area contributed by atoms with E-state index in [4.69, 9.17) is 16.3 Å². The van der Waals surface area contributed by atoms with Crippen LogP contribution in [0.5, 0.6) is 5.75 Å². The van der Waals surface area contributed by atoms with Gasteiger partial charge in [0.05, 0.1) is 23.8 Å². The van der Waals surface area contributed by atoms with Gasteiger partial charge in [0.2, 0.25) is 5.91 Å². The molecule has 1 aromatic heterocycles. The number of aromatic amines is 1. The molecule has 0 bridgehead atoms. The van der Waals surface area contributed by atoms with E-state index in [0.717, 1.165) is 12.0 Å². The number of Topliss-reactive ketones (excluding diaryl/α,β-unsaturated/α-hetero) is 1. The molecular weight excluding hydrogens is 390 g/mol. The third-order valence-electron chi connectivity index (χ3n) is 4.86. The van der Waals surface area contributed by atoms with Gasteiger partial charge < -0.3 is 10.1 Å². The zero-order valence-electron chi connectivity index (χ0n) is 15.9. The number of carbonyl (C=O) groups is 2. The highest BCUT2D eigenvalue weighted by Crippen LogP contribution is 2.41. The average Bonchev–Trinajstić information content (AvgIpc) is 3.15. The first-order valence-electron chi connectivity index (χ1n) is 9.48. The zero-order valence-corrected chi connectivity index (χ0v) is 16.6. The highest BCUT2D eigenvalue weighted by molar-refractivity contribution is 6.30. The molecule has 1 aliphatic heterocycles. The van der Waals surface area contributed by atoms with E-state index in [1.807, 2.05) is 25.1 Å². The fraction of sp³-hybridized carbons (Fsp3) is 0.227. The van der Waals surface area contributed by atoms with Crippen molar-refractivity contribution < 1.29 is 14.3 Å². The Labute approximate surface area is 173 Å². The van der Waals surface area contributed by atoms with Crippen LogP contribution in [0.25, 0.3) is 11.3 Å². The Morgan fingerprint density at radius 3 is 2.72 bits per heavy atom. The minimum Gasteiger partial charge on any atom is -0.493 e. The van der Waals surface area contributed by atoms with Gasteiger partial charge in [-0.2, -0.15) is 5.10 Å². The summed E-state index contributed by atoms with van der Waals surface area (Å²) in [7, 11) is 0. The molecule has 7 heteroatoms. The summed E-state index contributed by atoms with van der Waals surface area (Å²) in [5.41, 5.74) is 2.69. The topological polar surface area (TPSA) is 84.1 Å². The number of rotatable bonds is 6. The maximum atomic E-state index is 13.5. The number of hydrogen-bond donors (Lipinski definition) is 2. The number of aromatic nitrogens is 2. The second kappa shape index (κ2) is 8.09. The monoisotopic (exact) mass is 409 g/mol. The lowest BCUT2D eigenvalue weighted by Crippen LogP contribution is -2.27. The Morgan fingerprint density at radius 1 is 1.21 bits per heavy atom. The molecule has 6 nitrogen and oxygen atoms in total. The molecule has 29 heavy (non-hydrogen) atoms. The average molecular weight is 410 g/mol. The van der Waals surface area contributed by atoms with Crippen LogP contribution in [-0.2, 0) is 4.79 Å². The van der Waals surface area contributed by atoms with Crippen LogP contribution >= 0.6 is 11.6 Å². The van der Waals surface area contributed by atoms with Crippen LogP contribution in [0.1, 0.15) is 41.6 Å². The number of H-pyrrole nitrogens is 1. The lowest BCUT2D eigenvalue weighted by molar-refractivity contribution is -0.116. The molecule has 0 saturated heterocycles. The molecule has 0 fully saturated rings. The largest absolute Gasteiger partial charge is 0.493 e. The van der Waals surface area contributed by atoms with Crippen molar-refractivity contribution in [3.05, 3.63) is 64.7 Å². The second-order valence-corrected chi connectivity index (χ2v) is 7.32. The summed E-state index contributed by atoms with van der Waals surface area (Å²) in [6, 6.07) is 14.4. The predicted octanol–water partition coefficient (Wildman–Crippen LogP) is 4.83. The van der Waals surface area contributed by atoms with Gasteiger partial charge in [-0.05, 0) is 30.7 Å². The molecule has 2 heterocycles. The van der Waals surface area contributed by atoms with Crippen LogP contribution in [0.3, 0.4) is 0 Å². The van der Waals surface area contributed by atoms with Crippen molar-refractivity contribution >= 4 is 29.1 Å².